The molecule has 2 aliphatic rings. The minimum absolute atomic E-state index is 0.0542. The Kier molecular flexibility index (Phi) is 4.06. The van der Waals surface area contributed by atoms with Crippen molar-refractivity contribution >= 4 is 11.6 Å². The van der Waals surface area contributed by atoms with Crippen molar-refractivity contribution in [2.45, 2.75) is 26.7 Å². The molecular weight excluding hydrogens is 392 g/mol. The number of carbonyl (C=O) groups is 2. The van der Waals surface area contributed by atoms with Crippen LogP contribution in [0.25, 0.3) is 11.1 Å². The molecular formula is C30H22O2. The Hall–Kier alpha value is -3.78. The monoisotopic (exact) mass is 414 g/mol. The molecule has 2 nitrogen and oxygen atoms in total. The molecule has 4 aromatic rings. The van der Waals surface area contributed by atoms with Crippen molar-refractivity contribution in [3.05, 3.63) is 128 Å². The second-order valence-electron chi connectivity index (χ2n) is 8.89. The first-order valence-corrected chi connectivity index (χ1v) is 11.0. The predicted octanol–water partition coefficient (Wildman–Crippen LogP) is 6.24. The molecule has 0 amide bonds. The third-order valence-electron chi connectivity index (χ3n) is 7.10. The average Bonchev–Trinajstić information content (AvgIpc) is 2.81. The van der Waals surface area contributed by atoms with Gasteiger partial charge in [0.05, 0.1) is 0 Å². The van der Waals surface area contributed by atoms with Gasteiger partial charge in [0, 0.05) is 22.3 Å². The van der Waals surface area contributed by atoms with Gasteiger partial charge in [-0.3, -0.25) is 9.59 Å². The minimum atomic E-state index is 0.0542. The Morgan fingerprint density at radius 1 is 0.500 bits per heavy atom. The van der Waals surface area contributed by atoms with Crippen molar-refractivity contribution in [1.29, 1.82) is 0 Å². The SMILES string of the molecule is Cc1ccc(-c2ccc(C)c3c2C(=O)c2ccccc2C3)c2c1Cc1ccccc1C2=O. The summed E-state index contributed by atoms with van der Waals surface area (Å²) in [7, 11) is 0. The molecule has 0 saturated heterocycles. The van der Waals surface area contributed by atoms with Crippen LogP contribution in [-0.2, 0) is 12.8 Å². The molecule has 0 N–H and O–H groups in total. The lowest BCUT2D eigenvalue weighted by Crippen LogP contribution is -2.20. The third kappa shape index (κ3) is 2.59. The van der Waals surface area contributed by atoms with Crippen LogP contribution in [0.1, 0.15) is 65.2 Å². The molecule has 32 heavy (non-hydrogen) atoms. The van der Waals surface area contributed by atoms with Crippen LogP contribution in [0.3, 0.4) is 0 Å². The van der Waals surface area contributed by atoms with E-state index in [2.05, 4.69) is 26.0 Å². The second-order valence-corrected chi connectivity index (χ2v) is 8.89. The second kappa shape index (κ2) is 6.86. The van der Waals surface area contributed by atoms with Crippen LogP contribution in [0.4, 0.5) is 0 Å². The summed E-state index contributed by atoms with van der Waals surface area (Å²) in [6.45, 7) is 4.13. The van der Waals surface area contributed by atoms with Gasteiger partial charge in [-0.1, -0.05) is 72.8 Å². The Balaban J connectivity index is 1.62. The number of rotatable bonds is 1. The van der Waals surface area contributed by atoms with Gasteiger partial charge in [-0.2, -0.15) is 0 Å². The molecule has 0 saturated carbocycles. The van der Waals surface area contributed by atoms with Crippen LogP contribution in [0.15, 0.2) is 72.8 Å². The summed E-state index contributed by atoms with van der Waals surface area (Å²) in [5.41, 5.74) is 11.3. The van der Waals surface area contributed by atoms with E-state index in [0.717, 1.165) is 79.6 Å². The molecule has 4 aromatic carbocycles. The smallest absolute Gasteiger partial charge is 0.194 e. The van der Waals surface area contributed by atoms with E-state index >= 15 is 0 Å². The van der Waals surface area contributed by atoms with E-state index in [1.807, 2.05) is 60.7 Å². The van der Waals surface area contributed by atoms with Crippen LogP contribution < -0.4 is 0 Å². The van der Waals surface area contributed by atoms with E-state index in [4.69, 9.17) is 0 Å². The van der Waals surface area contributed by atoms with Gasteiger partial charge in [0.2, 0.25) is 0 Å². The molecule has 2 heteroatoms. The Bertz CT molecular complexity index is 1360. The quantitative estimate of drug-likeness (QED) is 0.319. The Labute approximate surface area is 187 Å². The molecule has 2 aliphatic carbocycles. The van der Waals surface area contributed by atoms with Crippen LogP contribution in [0.2, 0.25) is 0 Å². The van der Waals surface area contributed by atoms with E-state index in [9.17, 15) is 9.59 Å². The van der Waals surface area contributed by atoms with Gasteiger partial charge >= 0.3 is 0 Å². The van der Waals surface area contributed by atoms with Crippen LogP contribution >= 0.6 is 0 Å². The van der Waals surface area contributed by atoms with Crippen LogP contribution in [0.5, 0.6) is 0 Å². The normalized spacial score (nSPS) is 13.8. The van der Waals surface area contributed by atoms with Gasteiger partial charge < -0.3 is 0 Å². The number of aryl methyl sites for hydroxylation is 2. The average molecular weight is 415 g/mol. The predicted molar refractivity (Wildman–Crippen MR) is 127 cm³/mol. The molecule has 0 fully saturated rings. The lowest BCUT2D eigenvalue weighted by molar-refractivity contribution is 0.102. The zero-order valence-corrected chi connectivity index (χ0v) is 18.2. The van der Waals surface area contributed by atoms with E-state index in [0.29, 0.717) is 0 Å². The highest BCUT2D eigenvalue weighted by atomic mass is 16.1. The number of ketones is 2. The molecule has 0 aliphatic heterocycles. The van der Waals surface area contributed by atoms with E-state index in [1.165, 1.54) is 0 Å². The van der Waals surface area contributed by atoms with Crippen molar-refractivity contribution in [3.8, 4) is 11.1 Å². The molecule has 0 unspecified atom stereocenters. The van der Waals surface area contributed by atoms with Crippen molar-refractivity contribution in [2.75, 3.05) is 0 Å². The largest absolute Gasteiger partial charge is 0.289 e. The molecule has 0 bridgehead atoms. The molecule has 154 valence electrons. The van der Waals surface area contributed by atoms with Gasteiger partial charge in [0.15, 0.2) is 11.6 Å². The summed E-state index contributed by atoms with van der Waals surface area (Å²) >= 11 is 0. The highest BCUT2D eigenvalue weighted by molar-refractivity contribution is 6.20. The summed E-state index contributed by atoms with van der Waals surface area (Å²) in [4.78, 5) is 27.4. The van der Waals surface area contributed by atoms with Gasteiger partial charge in [-0.05, 0) is 71.2 Å². The Morgan fingerprint density at radius 2 is 0.906 bits per heavy atom. The first kappa shape index (κ1) is 18.9. The summed E-state index contributed by atoms with van der Waals surface area (Å²) in [6.07, 6.45) is 1.48. The summed E-state index contributed by atoms with van der Waals surface area (Å²) in [5.74, 6) is 0.108. The maximum absolute atomic E-state index is 13.7. The number of carbonyl (C=O) groups excluding carboxylic acids is 2. The van der Waals surface area contributed by atoms with Crippen molar-refractivity contribution in [1.82, 2.24) is 0 Å². The highest BCUT2D eigenvalue weighted by Gasteiger charge is 2.32. The number of benzene rings is 4. The molecule has 0 heterocycles. The van der Waals surface area contributed by atoms with E-state index in [-0.39, 0.29) is 11.6 Å². The minimum Gasteiger partial charge on any atom is -0.289 e. The topological polar surface area (TPSA) is 34.1 Å². The molecule has 6 rings (SSSR count). The van der Waals surface area contributed by atoms with Gasteiger partial charge in [-0.25, -0.2) is 0 Å². The maximum atomic E-state index is 13.7. The first-order valence-electron chi connectivity index (χ1n) is 11.0. The zero-order valence-electron chi connectivity index (χ0n) is 18.2. The van der Waals surface area contributed by atoms with Crippen molar-refractivity contribution < 1.29 is 9.59 Å². The van der Waals surface area contributed by atoms with Gasteiger partial charge in [-0.15, -0.1) is 0 Å². The maximum Gasteiger partial charge on any atom is 0.194 e. The van der Waals surface area contributed by atoms with Gasteiger partial charge in [0.25, 0.3) is 0 Å². The van der Waals surface area contributed by atoms with Gasteiger partial charge in [0.1, 0.15) is 0 Å². The lowest BCUT2D eigenvalue weighted by atomic mass is 9.75. The molecule has 0 radical (unpaired) electrons. The lowest BCUT2D eigenvalue weighted by Gasteiger charge is -2.27. The third-order valence-corrected chi connectivity index (χ3v) is 7.10. The molecule has 0 aromatic heterocycles. The summed E-state index contributed by atoms with van der Waals surface area (Å²) < 4.78 is 0. The fourth-order valence-electron chi connectivity index (χ4n) is 5.37. The molecule has 0 spiro atoms. The number of hydrogen-bond donors (Lipinski definition) is 0. The first-order chi connectivity index (χ1) is 15.5. The fourth-order valence-corrected chi connectivity index (χ4v) is 5.37. The summed E-state index contributed by atoms with van der Waals surface area (Å²) in [6, 6.07) is 24.0. The van der Waals surface area contributed by atoms with E-state index < -0.39 is 0 Å². The molecule has 0 atom stereocenters. The van der Waals surface area contributed by atoms with Crippen molar-refractivity contribution in [3.63, 3.8) is 0 Å². The zero-order chi connectivity index (χ0) is 22.0. The Morgan fingerprint density at radius 3 is 1.34 bits per heavy atom. The van der Waals surface area contributed by atoms with E-state index in [1.54, 1.807) is 0 Å². The number of fused-ring (bicyclic) bond motifs is 4. The standard InChI is InChI=1S/C30H22O2/c1-17-11-13-23(27-25(17)15-19-7-3-5-9-21(19)29(27)31)24-14-12-18(2)26-16-20-8-4-6-10-22(20)30(32)28(24)26/h3-14H,15-16H2,1-2H3. The van der Waals surface area contributed by atoms with Crippen molar-refractivity contribution in [2.24, 2.45) is 0 Å². The highest BCUT2D eigenvalue weighted by Crippen LogP contribution is 2.41. The summed E-state index contributed by atoms with van der Waals surface area (Å²) in [5, 5.41) is 0. The fraction of sp³-hybridized carbons (Fsp3) is 0.133. The van der Waals surface area contributed by atoms with Crippen LogP contribution in [0, 0.1) is 13.8 Å². The number of hydrogen-bond acceptors (Lipinski definition) is 2. The van der Waals surface area contributed by atoms with Crippen LogP contribution in [-0.4, -0.2) is 11.6 Å².